The Morgan fingerprint density at radius 3 is 2.50 bits per heavy atom. The molecule has 0 aromatic heterocycles. The van der Waals surface area contributed by atoms with E-state index in [0.29, 0.717) is 6.54 Å². The third-order valence-electron chi connectivity index (χ3n) is 5.42. The van der Waals surface area contributed by atoms with Gasteiger partial charge in [0.15, 0.2) is 6.10 Å². The Hall–Kier alpha value is -2.89. The molecule has 0 spiro atoms. The summed E-state index contributed by atoms with van der Waals surface area (Å²) in [6.45, 7) is 6.78. The fourth-order valence-corrected chi connectivity index (χ4v) is 3.66. The van der Waals surface area contributed by atoms with Crippen LogP contribution in [0.25, 0.3) is 10.8 Å². The molecule has 4 rings (SSSR count). The molecular weight excluding hydrogens is 376 g/mol. The minimum absolute atomic E-state index is 0.125. The topological polar surface area (TPSA) is 50.8 Å². The van der Waals surface area contributed by atoms with Gasteiger partial charge in [-0.1, -0.05) is 60.7 Å². The molecule has 1 fully saturated rings. The Balaban J connectivity index is 1.29. The van der Waals surface area contributed by atoms with Crippen LogP contribution in [-0.2, 0) is 22.6 Å². The molecule has 3 aromatic carbocycles. The first-order valence-electron chi connectivity index (χ1n) is 10.5. The van der Waals surface area contributed by atoms with Crippen molar-refractivity contribution in [3.63, 3.8) is 0 Å². The molecule has 1 saturated heterocycles. The SMILES string of the molecule is C[C@@H](Oc1cccc2ccccc12)C(=O)NCc1ccc(CN2CCOCC2)cc1. The Morgan fingerprint density at radius 2 is 1.70 bits per heavy atom. The lowest BCUT2D eigenvalue weighted by Crippen LogP contribution is -2.36. The van der Waals surface area contributed by atoms with Gasteiger partial charge in [-0.3, -0.25) is 9.69 Å². The van der Waals surface area contributed by atoms with Crippen LogP contribution in [0.3, 0.4) is 0 Å². The molecule has 0 bridgehead atoms. The Morgan fingerprint density at radius 1 is 1.00 bits per heavy atom. The van der Waals surface area contributed by atoms with Crippen LogP contribution in [0.5, 0.6) is 5.75 Å². The van der Waals surface area contributed by atoms with Crippen LogP contribution in [0.2, 0.25) is 0 Å². The highest BCUT2D eigenvalue weighted by Crippen LogP contribution is 2.26. The highest BCUT2D eigenvalue weighted by Gasteiger charge is 2.16. The number of morpholine rings is 1. The molecule has 1 aliphatic rings. The van der Waals surface area contributed by atoms with E-state index in [1.807, 2.05) is 42.5 Å². The molecule has 0 saturated carbocycles. The van der Waals surface area contributed by atoms with Gasteiger partial charge < -0.3 is 14.8 Å². The normalized spacial score (nSPS) is 15.6. The van der Waals surface area contributed by atoms with Crippen LogP contribution in [0.15, 0.2) is 66.7 Å². The highest BCUT2D eigenvalue weighted by atomic mass is 16.5. The molecule has 5 heteroatoms. The van der Waals surface area contributed by atoms with Crippen LogP contribution < -0.4 is 10.1 Å². The second-order valence-corrected chi connectivity index (χ2v) is 7.66. The second kappa shape index (κ2) is 9.74. The van der Waals surface area contributed by atoms with Crippen molar-refractivity contribution in [3.05, 3.63) is 77.9 Å². The number of hydrogen-bond acceptors (Lipinski definition) is 4. The molecule has 5 nitrogen and oxygen atoms in total. The van der Waals surface area contributed by atoms with E-state index in [-0.39, 0.29) is 5.91 Å². The van der Waals surface area contributed by atoms with Crippen molar-refractivity contribution >= 4 is 16.7 Å². The van der Waals surface area contributed by atoms with E-state index in [1.54, 1.807) is 6.92 Å². The number of carbonyl (C=O) groups excluding carboxylic acids is 1. The van der Waals surface area contributed by atoms with Crippen molar-refractivity contribution in [1.29, 1.82) is 0 Å². The van der Waals surface area contributed by atoms with Gasteiger partial charge in [0.05, 0.1) is 13.2 Å². The number of amides is 1. The standard InChI is InChI=1S/C25H28N2O3/c1-19(30-24-8-4-6-22-5-2-3-7-23(22)24)25(28)26-17-20-9-11-21(12-10-20)18-27-13-15-29-16-14-27/h2-12,19H,13-18H2,1H3,(H,26,28)/t19-/m1/s1. The summed E-state index contributed by atoms with van der Waals surface area (Å²) in [6.07, 6.45) is -0.573. The number of nitrogens with zero attached hydrogens (tertiary/aromatic N) is 1. The third kappa shape index (κ3) is 5.17. The summed E-state index contributed by atoms with van der Waals surface area (Å²) >= 11 is 0. The lowest BCUT2D eigenvalue weighted by atomic mass is 10.1. The summed E-state index contributed by atoms with van der Waals surface area (Å²) in [7, 11) is 0. The Bertz CT molecular complexity index is 976. The first-order chi connectivity index (χ1) is 14.7. The van der Waals surface area contributed by atoms with E-state index in [2.05, 4.69) is 34.5 Å². The van der Waals surface area contributed by atoms with Crippen LogP contribution in [0.1, 0.15) is 18.1 Å². The van der Waals surface area contributed by atoms with Crippen LogP contribution in [0.4, 0.5) is 0 Å². The minimum atomic E-state index is -0.573. The molecule has 156 valence electrons. The molecule has 1 amide bonds. The van der Waals surface area contributed by atoms with Gasteiger partial charge in [-0.25, -0.2) is 0 Å². The second-order valence-electron chi connectivity index (χ2n) is 7.66. The largest absolute Gasteiger partial charge is 0.480 e. The van der Waals surface area contributed by atoms with E-state index in [9.17, 15) is 4.79 Å². The van der Waals surface area contributed by atoms with E-state index >= 15 is 0 Å². The van der Waals surface area contributed by atoms with Gasteiger partial charge in [0.2, 0.25) is 0 Å². The fourth-order valence-electron chi connectivity index (χ4n) is 3.66. The van der Waals surface area contributed by atoms with E-state index in [4.69, 9.17) is 9.47 Å². The predicted octanol–water partition coefficient (Wildman–Crippen LogP) is 3.76. The number of hydrogen-bond donors (Lipinski definition) is 1. The molecule has 0 unspecified atom stereocenters. The first kappa shape index (κ1) is 20.4. The van der Waals surface area contributed by atoms with Gasteiger partial charge in [0, 0.05) is 31.6 Å². The van der Waals surface area contributed by atoms with E-state index in [1.165, 1.54) is 5.56 Å². The van der Waals surface area contributed by atoms with Gasteiger partial charge >= 0.3 is 0 Å². The van der Waals surface area contributed by atoms with Crippen molar-refractivity contribution in [2.45, 2.75) is 26.1 Å². The van der Waals surface area contributed by atoms with E-state index in [0.717, 1.165) is 54.9 Å². The number of nitrogens with one attached hydrogen (secondary N) is 1. The van der Waals surface area contributed by atoms with Gasteiger partial charge in [0.25, 0.3) is 5.91 Å². The zero-order chi connectivity index (χ0) is 20.8. The summed E-state index contributed by atoms with van der Waals surface area (Å²) in [5.74, 6) is 0.601. The zero-order valence-electron chi connectivity index (χ0n) is 17.3. The summed E-state index contributed by atoms with van der Waals surface area (Å²) in [4.78, 5) is 14.9. The van der Waals surface area contributed by atoms with Gasteiger partial charge in [-0.05, 0) is 29.5 Å². The predicted molar refractivity (Wildman–Crippen MR) is 118 cm³/mol. The van der Waals surface area contributed by atoms with Crippen molar-refractivity contribution in [2.24, 2.45) is 0 Å². The summed E-state index contributed by atoms with van der Waals surface area (Å²) in [5, 5.41) is 5.08. The Labute approximate surface area is 177 Å². The first-order valence-corrected chi connectivity index (χ1v) is 10.5. The number of rotatable bonds is 7. The van der Waals surface area contributed by atoms with Gasteiger partial charge in [-0.15, -0.1) is 0 Å². The zero-order valence-corrected chi connectivity index (χ0v) is 17.3. The lowest BCUT2D eigenvalue weighted by Gasteiger charge is -2.26. The maximum Gasteiger partial charge on any atom is 0.261 e. The molecule has 0 aliphatic carbocycles. The fraction of sp³-hybridized carbons (Fsp3) is 0.320. The smallest absolute Gasteiger partial charge is 0.261 e. The molecular formula is C25H28N2O3. The number of fused-ring (bicyclic) bond motifs is 1. The highest BCUT2D eigenvalue weighted by molar-refractivity contribution is 5.89. The number of carbonyl (C=O) groups is 1. The molecule has 1 N–H and O–H groups in total. The van der Waals surface area contributed by atoms with Crippen molar-refractivity contribution in [2.75, 3.05) is 26.3 Å². The van der Waals surface area contributed by atoms with Crippen LogP contribution >= 0.6 is 0 Å². The maximum absolute atomic E-state index is 12.5. The van der Waals surface area contributed by atoms with Gasteiger partial charge in [0.1, 0.15) is 5.75 Å². The third-order valence-corrected chi connectivity index (χ3v) is 5.42. The monoisotopic (exact) mass is 404 g/mol. The quantitative estimate of drug-likeness (QED) is 0.652. The summed E-state index contributed by atoms with van der Waals surface area (Å²) in [5.41, 5.74) is 2.35. The average Bonchev–Trinajstić information content (AvgIpc) is 2.79. The molecule has 1 atom stereocenters. The molecule has 30 heavy (non-hydrogen) atoms. The summed E-state index contributed by atoms with van der Waals surface area (Å²) < 4.78 is 11.4. The van der Waals surface area contributed by atoms with Crippen molar-refractivity contribution < 1.29 is 14.3 Å². The van der Waals surface area contributed by atoms with Crippen LogP contribution in [0, 0.1) is 0 Å². The van der Waals surface area contributed by atoms with Crippen LogP contribution in [-0.4, -0.2) is 43.2 Å². The molecule has 1 heterocycles. The lowest BCUT2D eigenvalue weighted by molar-refractivity contribution is -0.127. The number of ether oxygens (including phenoxy) is 2. The molecule has 3 aromatic rings. The maximum atomic E-state index is 12.5. The van der Waals surface area contributed by atoms with Gasteiger partial charge in [-0.2, -0.15) is 0 Å². The molecule has 0 radical (unpaired) electrons. The number of benzene rings is 3. The Kier molecular flexibility index (Phi) is 6.62. The molecule has 1 aliphatic heterocycles. The van der Waals surface area contributed by atoms with E-state index < -0.39 is 6.10 Å². The van der Waals surface area contributed by atoms with Crippen molar-refractivity contribution in [3.8, 4) is 5.75 Å². The summed E-state index contributed by atoms with van der Waals surface area (Å²) in [6, 6.07) is 22.3. The minimum Gasteiger partial charge on any atom is -0.480 e. The average molecular weight is 405 g/mol. The van der Waals surface area contributed by atoms with Crippen molar-refractivity contribution in [1.82, 2.24) is 10.2 Å².